The van der Waals surface area contributed by atoms with Crippen molar-refractivity contribution in [3.63, 3.8) is 0 Å². The van der Waals surface area contributed by atoms with Gasteiger partial charge in [-0.3, -0.25) is 4.79 Å². The monoisotopic (exact) mass is 289 g/mol. The first kappa shape index (κ1) is 14.2. The first-order valence-corrected chi connectivity index (χ1v) is 6.61. The summed E-state index contributed by atoms with van der Waals surface area (Å²) in [5.41, 5.74) is 14.0. The Morgan fingerprint density at radius 3 is 2.50 bits per heavy atom. The van der Waals surface area contributed by atoms with Gasteiger partial charge in [0.25, 0.3) is 0 Å². The molecule has 2 aromatic carbocycles. The molecule has 0 aliphatic carbocycles. The number of benzene rings is 2. The number of nitrogen functional groups attached to an aromatic ring is 1. The average Bonchev–Trinajstić information content (AvgIpc) is 2.43. The molecule has 5 N–H and O–H groups in total. The molecular weight excluding hydrogens is 274 g/mol. The maximum absolute atomic E-state index is 11.1. The molecule has 104 valence electrons. The molecule has 5 heteroatoms. The summed E-state index contributed by atoms with van der Waals surface area (Å²) in [6.45, 7) is 0.702. The van der Waals surface area contributed by atoms with E-state index in [1.807, 2.05) is 24.3 Å². The number of hydrogen-bond donors (Lipinski definition) is 3. The quantitative estimate of drug-likeness (QED) is 0.740. The van der Waals surface area contributed by atoms with Crippen LogP contribution in [0.2, 0.25) is 5.02 Å². The van der Waals surface area contributed by atoms with Gasteiger partial charge in [0.1, 0.15) is 0 Å². The lowest BCUT2D eigenvalue weighted by Gasteiger charge is -2.10. The molecule has 0 heterocycles. The Bertz CT molecular complexity index is 611. The lowest BCUT2D eigenvalue weighted by molar-refractivity contribution is 0.100. The van der Waals surface area contributed by atoms with Crippen LogP contribution in [0.1, 0.15) is 15.9 Å². The van der Waals surface area contributed by atoms with Gasteiger partial charge in [-0.25, -0.2) is 0 Å². The normalized spacial score (nSPS) is 10.2. The Balaban J connectivity index is 1.98. The van der Waals surface area contributed by atoms with E-state index in [1.165, 1.54) is 5.56 Å². The fraction of sp³-hybridized carbons (Fsp3) is 0.133. The minimum atomic E-state index is -0.467. The Hall–Kier alpha value is -2.20. The Labute approximate surface area is 122 Å². The Morgan fingerprint density at radius 1 is 1.15 bits per heavy atom. The molecule has 0 unspecified atom stereocenters. The van der Waals surface area contributed by atoms with Crippen molar-refractivity contribution in [2.24, 2.45) is 5.73 Å². The molecule has 0 atom stereocenters. The van der Waals surface area contributed by atoms with Crippen LogP contribution in [0, 0.1) is 0 Å². The molecule has 0 bridgehead atoms. The predicted octanol–water partition coefficient (Wildman–Crippen LogP) is 2.68. The van der Waals surface area contributed by atoms with Gasteiger partial charge in [0.2, 0.25) is 5.91 Å². The number of anilines is 2. The molecule has 2 rings (SSSR count). The van der Waals surface area contributed by atoms with E-state index >= 15 is 0 Å². The van der Waals surface area contributed by atoms with Crippen molar-refractivity contribution in [3.8, 4) is 0 Å². The zero-order valence-electron chi connectivity index (χ0n) is 10.9. The first-order valence-electron chi connectivity index (χ1n) is 6.24. The molecule has 0 aliphatic heterocycles. The summed E-state index contributed by atoms with van der Waals surface area (Å²) >= 11 is 5.83. The molecule has 2 aromatic rings. The van der Waals surface area contributed by atoms with E-state index in [4.69, 9.17) is 23.1 Å². The van der Waals surface area contributed by atoms with E-state index in [0.717, 1.165) is 17.1 Å². The summed E-state index contributed by atoms with van der Waals surface area (Å²) in [7, 11) is 0. The van der Waals surface area contributed by atoms with Crippen LogP contribution in [0.25, 0.3) is 0 Å². The van der Waals surface area contributed by atoms with Gasteiger partial charge in [-0.05, 0) is 42.3 Å². The van der Waals surface area contributed by atoms with Gasteiger partial charge in [-0.2, -0.15) is 0 Å². The SMILES string of the molecule is NC(=O)c1ccc(N)c(NCCc2ccc(Cl)cc2)c1. The lowest BCUT2D eigenvalue weighted by atomic mass is 10.1. The van der Waals surface area contributed by atoms with E-state index < -0.39 is 5.91 Å². The minimum absolute atomic E-state index is 0.438. The van der Waals surface area contributed by atoms with Gasteiger partial charge in [0.05, 0.1) is 11.4 Å². The summed E-state index contributed by atoms with van der Waals surface area (Å²) in [6.07, 6.45) is 0.831. The zero-order valence-corrected chi connectivity index (χ0v) is 11.7. The van der Waals surface area contributed by atoms with E-state index in [0.29, 0.717) is 17.8 Å². The van der Waals surface area contributed by atoms with Crippen LogP contribution in [0.4, 0.5) is 11.4 Å². The van der Waals surface area contributed by atoms with E-state index in [1.54, 1.807) is 18.2 Å². The zero-order chi connectivity index (χ0) is 14.5. The van der Waals surface area contributed by atoms with E-state index in [-0.39, 0.29) is 0 Å². The molecule has 0 saturated carbocycles. The molecule has 4 nitrogen and oxygen atoms in total. The highest BCUT2D eigenvalue weighted by atomic mass is 35.5. The predicted molar refractivity (Wildman–Crippen MR) is 83.0 cm³/mol. The number of nitrogens with two attached hydrogens (primary N) is 2. The summed E-state index contributed by atoms with van der Waals surface area (Å²) in [6, 6.07) is 12.6. The second-order valence-electron chi connectivity index (χ2n) is 4.47. The smallest absolute Gasteiger partial charge is 0.248 e. The van der Waals surface area contributed by atoms with Crippen molar-refractivity contribution in [2.45, 2.75) is 6.42 Å². The number of hydrogen-bond acceptors (Lipinski definition) is 3. The molecule has 0 aliphatic rings. The molecule has 0 spiro atoms. The average molecular weight is 290 g/mol. The van der Waals surface area contributed by atoms with Crippen LogP contribution in [-0.4, -0.2) is 12.5 Å². The number of amides is 1. The largest absolute Gasteiger partial charge is 0.397 e. The van der Waals surface area contributed by atoms with Gasteiger partial charge in [-0.15, -0.1) is 0 Å². The summed E-state index contributed by atoms with van der Waals surface area (Å²) in [5, 5.41) is 3.93. The van der Waals surface area contributed by atoms with Crippen LogP contribution < -0.4 is 16.8 Å². The highest BCUT2D eigenvalue weighted by molar-refractivity contribution is 6.30. The lowest BCUT2D eigenvalue weighted by Crippen LogP contribution is -2.13. The molecule has 20 heavy (non-hydrogen) atoms. The third-order valence-electron chi connectivity index (χ3n) is 2.98. The molecule has 0 fully saturated rings. The topological polar surface area (TPSA) is 81.1 Å². The Morgan fingerprint density at radius 2 is 1.85 bits per heavy atom. The van der Waals surface area contributed by atoms with Crippen LogP contribution >= 0.6 is 11.6 Å². The summed E-state index contributed by atoms with van der Waals surface area (Å²) in [4.78, 5) is 11.1. The number of primary amides is 1. The minimum Gasteiger partial charge on any atom is -0.397 e. The van der Waals surface area contributed by atoms with Crippen molar-refractivity contribution in [1.82, 2.24) is 0 Å². The molecular formula is C15H16ClN3O. The standard InChI is InChI=1S/C15H16ClN3O/c16-12-4-1-10(2-5-12)7-8-19-14-9-11(15(18)20)3-6-13(14)17/h1-6,9,19H,7-8,17H2,(H2,18,20). The number of rotatable bonds is 5. The van der Waals surface area contributed by atoms with Crippen molar-refractivity contribution in [3.05, 3.63) is 58.6 Å². The van der Waals surface area contributed by atoms with E-state index in [9.17, 15) is 4.79 Å². The van der Waals surface area contributed by atoms with E-state index in [2.05, 4.69) is 5.32 Å². The number of carbonyl (C=O) groups is 1. The highest BCUT2D eigenvalue weighted by Crippen LogP contribution is 2.20. The van der Waals surface area contributed by atoms with Gasteiger partial charge < -0.3 is 16.8 Å². The van der Waals surface area contributed by atoms with Gasteiger partial charge >= 0.3 is 0 Å². The maximum Gasteiger partial charge on any atom is 0.248 e. The third kappa shape index (κ3) is 3.65. The second kappa shape index (κ2) is 6.30. The molecule has 0 radical (unpaired) electrons. The van der Waals surface area contributed by atoms with Crippen molar-refractivity contribution in [2.75, 3.05) is 17.6 Å². The molecule has 0 aromatic heterocycles. The van der Waals surface area contributed by atoms with Gasteiger partial charge in [-0.1, -0.05) is 23.7 Å². The molecule has 1 amide bonds. The fourth-order valence-corrected chi connectivity index (χ4v) is 1.98. The molecule has 0 saturated heterocycles. The number of carbonyl (C=O) groups excluding carboxylic acids is 1. The van der Waals surface area contributed by atoms with Crippen molar-refractivity contribution < 1.29 is 4.79 Å². The van der Waals surface area contributed by atoms with Gasteiger partial charge in [0, 0.05) is 17.1 Å². The number of nitrogens with one attached hydrogen (secondary N) is 1. The van der Waals surface area contributed by atoms with Crippen LogP contribution in [0.5, 0.6) is 0 Å². The van der Waals surface area contributed by atoms with Crippen LogP contribution in [0.3, 0.4) is 0 Å². The highest BCUT2D eigenvalue weighted by Gasteiger charge is 2.04. The second-order valence-corrected chi connectivity index (χ2v) is 4.91. The summed E-state index contributed by atoms with van der Waals surface area (Å²) in [5.74, 6) is -0.467. The maximum atomic E-state index is 11.1. The number of halogens is 1. The van der Waals surface area contributed by atoms with Gasteiger partial charge in [0.15, 0.2) is 0 Å². The third-order valence-corrected chi connectivity index (χ3v) is 3.23. The van der Waals surface area contributed by atoms with Crippen molar-refractivity contribution in [1.29, 1.82) is 0 Å². The van der Waals surface area contributed by atoms with Crippen molar-refractivity contribution >= 4 is 28.9 Å². The summed E-state index contributed by atoms with van der Waals surface area (Å²) < 4.78 is 0. The van der Waals surface area contributed by atoms with Crippen LogP contribution in [0.15, 0.2) is 42.5 Å². The fourth-order valence-electron chi connectivity index (χ4n) is 1.86. The Kier molecular flexibility index (Phi) is 4.48. The van der Waals surface area contributed by atoms with Crippen LogP contribution in [-0.2, 0) is 6.42 Å². The first-order chi connectivity index (χ1) is 9.56.